The van der Waals surface area contributed by atoms with Gasteiger partial charge in [0.15, 0.2) is 5.96 Å². The van der Waals surface area contributed by atoms with Crippen LogP contribution in [0.2, 0.25) is 0 Å². The van der Waals surface area contributed by atoms with Crippen LogP contribution in [0.3, 0.4) is 0 Å². The van der Waals surface area contributed by atoms with Gasteiger partial charge in [-0.1, -0.05) is 44.4 Å². The summed E-state index contributed by atoms with van der Waals surface area (Å²) in [4.78, 5) is 12.5. The van der Waals surface area contributed by atoms with E-state index in [1.165, 1.54) is 0 Å². The summed E-state index contributed by atoms with van der Waals surface area (Å²) >= 11 is 0. The molecule has 10 heteroatoms. The summed E-state index contributed by atoms with van der Waals surface area (Å²) in [6.45, 7) is 15.5. The predicted octanol–water partition coefficient (Wildman–Crippen LogP) is 4.10. The minimum absolute atomic E-state index is 0.115. The molecule has 1 aliphatic heterocycles. The zero-order valence-corrected chi connectivity index (χ0v) is 21.9. The number of rotatable bonds is 6. The van der Waals surface area contributed by atoms with Gasteiger partial charge in [0.1, 0.15) is 5.82 Å². The molecular weight excluding hydrogens is 491 g/mol. The van der Waals surface area contributed by atoms with Crippen LogP contribution in [0.5, 0.6) is 0 Å². The maximum atomic E-state index is 13.6. The molecule has 2 atom stereocenters. The second-order valence-electron chi connectivity index (χ2n) is 9.93. The van der Waals surface area contributed by atoms with Crippen molar-refractivity contribution >= 4 is 29.8 Å². The van der Waals surface area contributed by atoms with Crippen LogP contribution >= 0.6 is 0 Å². The van der Waals surface area contributed by atoms with Gasteiger partial charge >= 0.3 is 6.18 Å². The van der Waals surface area contributed by atoms with Crippen LogP contribution in [-0.4, -0.2) is 43.9 Å². The molecule has 2 aromatic heterocycles. The molecule has 0 bridgehead atoms. The van der Waals surface area contributed by atoms with E-state index in [2.05, 4.69) is 48.9 Å². The van der Waals surface area contributed by atoms with Gasteiger partial charge in [0.2, 0.25) is 0 Å². The number of aromatic amines is 2. The fourth-order valence-corrected chi connectivity index (χ4v) is 4.40. The topological polar surface area (TPSA) is 93.8 Å². The van der Waals surface area contributed by atoms with Gasteiger partial charge in [0.05, 0.1) is 40.6 Å². The van der Waals surface area contributed by atoms with Gasteiger partial charge in [-0.15, -0.1) is 0 Å². The molecule has 0 fully saturated rings. The molecule has 0 radical (unpaired) electrons. The number of allylic oxidation sites excluding steroid dienone is 8. The van der Waals surface area contributed by atoms with Crippen LogP contribution in [0, 0.1) is 5.92 Å². The Hall–Kier alpha value is -4.08. The van der Waals surface area contributed by atoms with Crippen molar-refractivity contribution in [2.75, 3.05) is 0 Å². The molecule has 0 aromatic carbocycles. The quantitative estimate of drug-likeness (QED) is 0.429. The number of guanidine groups is 1. The van der Waals surface area contributed by atoms with Crippen molar-refractivity contribution in [3.8, 4) is 0 Å². The maximum Gasteiger partial charge on any atom is 0.418 e. The van der Waals surface area contributed by atoms with Crippen molar-refractivity contribution in [1.82, 2.24) is 30.8 Å². The lowest BCUT2D eigenvalue weighted by Crippen LogP contribution is -2.48. The second kappa shape index (κ2) is 10.4. The highest BCUT2D eigenvalue weighted by Crippen LogP contribution is 2.35. The van der Waals surface area contributed by atoms with E-state index in [9.17, 15) is 13.2 Å². The Morgan fingerprint density at radius 3 is 2.63 bits per heavy atom. The molecule has 2 unspecified atom stereocenters. The van der Waals surface area contributed by atoms with Gasteiger partial charge in [0, 0.05) is 22.4 Å². The van der Waals surface area contributed by atoms with Gasteiger partial charge in [-0.2, -0.15) is 18.3 Å². The minimum atomic E-state index is -4.45. The molecule has 0 saturated carbocycles. The average Bonchev–Trinajstić information content (AvgIpc) is 3.55. The fourth-order valence-electron chi connectivity index (χ4n) is 4.40. The van der Waals surface area contributed by atoms with E-state index in [-0.39, 0.29) is 17.7 Å². The average molecular weight is 524 g/mol. The van der Waals surface area contributed by atoms with E-state index >= 15 is 0 Å². The van der Waals surface area contributed by atoms with Crippen LogP contribution in [0.1, 0.15) is 45.6 Å². The Kier molecular flexibility index (Phi) is 7.35. The first-order valence-electron chi connectivity index (χ1n) is 12.3. The van der Waals surface area contributed by atoms with E-state index < -0.39 is 17.3 Å². The number of alkyl halides is 3. The first-order chi connectivity index (χ1) is 17.9. The van der Waals surface area contributed by atoms with Gasteiger partial charge in [-0.05, 0) is 44.9 Å². The molecule has 0 spiro atoms. The molecular formula is C28H32F3N7. The third-order valence-electron chi connectivity index (χ3n) is 6.64. The Bertz CT molecular complexity index is 1480. The number of hydrogen-bond donors (Lipinski definition) is 4. The summed E-state index contributed by atoms with van der Waals surface area (Å²) in [7, 11) is 0. The van der Waals surface area contributed by atoms with Crippen molar-refractivity contribution in [2.24, 2.45) is 10.9 Å². The standard InChI is InChI=1S/C28H32F3N7/c1-7-18(12-21-17(4)14-33-38-21)22-15-32-25(34-22)19(8-2)13-23-27(5,6)37-26(35-23)36-24-16(3)10-9-11-20(24)28(29,30)31/h7-9,11-16,23,38H,2,4,10H2,1,3,5-6H3,(H,32,34)(H2,35,36,37)/b18-7+,19-13+,21-12+. The summed E-state index contributed by atoms with van der Waals surface area (Å²) in [6, 6.07) is -0.387. The smallest absolute Gasteiger partial charge is 0.349 e. The SMILES string of the molecule is C=C/C(=C\C1N=C(NC2=C(C(F)(F)F)C=CCC2C)NC1(C)C)c1ncc(C(=C/C)/C=c2/[nH]ncc2=C)[nH]1. The number of halogens is 3. The van der Waals surface area contributed by atoms with Crippen molar-refractivity contribution in [3.05, 3.63) is 82.7 Å². The van der Waals surface area contributed by atoms with Crippen molar-refractivity contribution in [2.45, 2.75) is 51.9 Å². The molecule has 3 heterocycles. The van der Waals surface area contributed by atoms with Gasteiger partial charge in [0.25, 0.3) is 0 Å². The van der Waals surface area contributed by atoms with Gasteiger partial charge in [-0.25, -0.2) is 9.98 Å². The molecule has 200 valence electrons. The monoisotopic (exact) mass is 523 g/mol. The Morgan fingerprint density at radius 2 is 2.00 bits per heavy atom. The molecule has 4 rings (SSSR count). The number of H-pyrrole nitrogens is 2. The van der Waals surface area contributed by atoms with Gasteiger partial charge < -0.3 is 15.6 Å². The normalized spacial score (nSPS) is 22.5. The number of imidazole rings is 1. The summed E-state index contributed by atoms with van der Waals surface area (Å²) in [6.07, 6.45) is 9.60. The van der Waals surface area contributed by atoms with Crippen LogP contribution in [-0.2, 0) is 0 Å². The molecule has 7 nitrogen and oxygen atoms in total. The molecule has 0 amide bonds. The number of nitrogens with one attached hydrogen (secondary N) is 4. The highest BCUT2D eigenvalue weighted by Gasteiger charge is 2.40. The number of hydrogen-bond acceptors (Lipinski definition) is 5. The third kappa shape index (κ3) is 5.58. The Balaban J connectivity index is 1.63. The lowest BCUT2D eigenvalue weighted by atomic mass is 9.93. The van der Waals surface area contributed by atoms with Gasteiger partial charge in [-0.3, -0.25) is 5.10 Å². The van der Waals surface area contributed by atoms with Crippen molar-refractivity contribution < 1.29 is 13.2 Å². The predicted molar refractivity (Wildman–Crippen MR) is 146 cm³/mol. The Morgan fingerprint density at radius 1 is 1.24 bits per heavy atom. The highest BCUT2D eigenvalue weighted by atomic mass is 19.4. The number of aliphatic imine (C=N–C) groups is 1. The first-order valence-corrected chi connectivity index (χ1v) is 12.3. The summed E-state index contributed by atoms with van der Waals surface area (Å²) in [5, 5.41) is 14.7. The van der Waals surface area contributed by atoms with E-state index in [0.717, 1.165) is 33.5 Å². The fraction of sp³-hybridized carbons (Fsp3) is 0.321. The first kappa shape index (κ1) is 27.0. The minimum Gasteiger partial charge on any atom is -0.349 e. The van der Waals surface area contributed by atoms with E-state index in [4.69, 9.17) is 0 Å². The van der Waals surface area contributed by atoms with Crippen LogP contribution < -0.4 is 21.2 Å². The van der Waals surface area contributed by atoms with Crippen molar-refractivity contribution in [3.63, 3.8) is 0 Å². The largest absolute Gasteiger partial charge is 0.418 e. The number of aromatic nitrogens is 4. The van der Waals surface area contributed by atoms with E-state index in [1.807, 2.05) is 39.0 Å². The lowest BCUT2D eigenvalue weighted by molar-refractivity contribution is -0.0899. The summed E-state index contributed by atoms with van der Waals surface area (Å²) < 4.78 is 40.9. The van der Waals surface area contributed by atoms with Crippen LogP contribution in [0.25, 0.3) is 23.8 Å². The molecule has 0 saturated heterocycles. The second-order valence-corrected chi connectivity index (χ2v) is 9.93. The molecule has 2 aromatic rings. The molecule has 38 heavy (non-hydrogen) atoms. The van der Waals surface area contributed by atoms with Crippen LogP contribution in [0.15, 0.2) is 65.6 Å². The number of nitrogens with zero attached hydrogens (tertiary/aromatic N) is 3. The molecule has 4 N–H and O–H groups in total. The zero-order chi connectivity index (χ0) is 27.7. The zero-order valence-electron chi connectivity index (χ0n) is 21.9. The maximum absolute atomic E-state index is 13.6. The van der Waals surface area contributed by atoms with E-state index in [0.29, 0.717) is 18.2 Å². The highest BCUT2D eigenvalue weighted by molar-refractivity contribution is 5.87. The van der Waals surface area contributed by atoms with E-state index in [1.54, 1.807) is 31.5 Å². The summed E-state index contributed by atoms with van der Waals surface area (Å²) in [5.41, 5.74) is 1.30. The van der Waals surface area contributed by atoms with Crippen molar-refractivity contribution in [1.29, 1.82) is 0 Å². The summed E-state index contributed by atoms with van der Waals surface area (Å²) in [5.74, 6) is 0.582. The third-order valence-corrected chi connectivity index (χ3v) is 6.64. The lowest BCUT2D eigenvalue weighted by Gasteiger charge is -2.27. The Labute approximate surface area is 219 Å². The molecule has 1 aliphatic carbocycles. The molecule has 2 aliphatic rings. The van der Waals surface area contributed by atoms with Crippen LogP contribution in [0.4, 0.5) is 13.2 Å².